The average Bonchev–Trinajstić information content (AvgIpc) is 2.66. The van der Waals surface area contributed by atoms with Gasteiger partial charge in [0.15, 0.2) is 0 Å². The molecule has 2 atom stereocenters. The third kappa shape index (κ3) is 1.33. The zero-order valence-electron chi connectivity index (χ0n) is 8.66. The largest absolute Gasteiger partial charge is 0.468 e. The summed E-state index contributed by atoms with van der Waals surface area (Å²) in [5.41, 5.74) is 5.44. The molecule has 0 radical (unpaired) electrons. The molecule has 0 saturated carbocycles. The van der Waals surface area contributed by atoms with Gasteiger partial charge in [0.05, 0.1) is 7.11 Å². The van der Waals surface area contributed by atoms with E-state index in [1.54, 1.807) is 0 Å². The van der Waals surface area contributed by atoms with Crippen LogP contribution >= 0.6 is 0 Å². The fraction of sp³-hybridized carbons (Fsp3) is 0.900. The van der Waals surface area contributed by atoms with Gasteiger partial charge in [-0.3, -0.25) is 9.69 Å². The van der Waals surface area contributed by atoms with Gasteiger partial charge in [0.2, 0.25) is 0 Å². The zero-order chi connectivity index (χ0) is 10.2. The van der Waals surface area contributed by atoms with Gasteiger partial charge in [-0.1, -0.05) is 0 Å². The van der Waals surface area contributed by atoms with Crippen molar-refractivity contribution in [1.82, 2.24) is 4.90 Å². The smallest absolute Gasteiger partial charge is 0.327 e. The molecular weight excluding hydrogens is 180 g/mol. The Bertz CT molecular complexity index is 244. The number of rotatable bonds is 1. The molecule has 2 aliphatic heterocycles. The van der Waals surface area contributed by atoms with E-state index in [0.717, 1.165) is 38.8 Å². The maximum Gasteiger partial charge on any atom is 0.327 e. The number of carbonyl (C=O) groups excluding carboxylic acids is 1. The van der Waals surface area contributed by atoms with Crippen molar-refractivity contribution in [2.45, 2.75) is 37.3 Å². The average molecular weight is 198 g/mol. The summed E-state index contributed by atoms with van der Waals surface area (Å²) in [5, 5.41) is 0. The summed E-state index contributed by atoms with van der Waals surface area (Å²) >= 11 is 0. The number of esters is 1. The molecule has 0 bridgehead atoms. The monoisotopic (exact) mass is 198 g/mol. The third-order valence-electron chi connectivity index (χ3n) is 3.56. The van der Waals surface area contributed by atoms with Crippen LogP contribution in [0.1, 0.15) is 25.7 Å². The van der Waals surface area contributed by atoms with Gasteiger partial charge in [0.1, 0.15) is 5.54 Å². The first-order valence-corrected chi connectivity index (χ1v) is 5.30. The van der Waals surface area contributed by atoms with Gasteiger partial charge in [-0.25, -0.2) is 0 Å². The Morgan fingerprint density at radius 1 is 1.50 bits per heavy atom. The van der Waals surface area contributed by atoms with Gasteiger partial charge in [0.25, 0.3) is 0 Å². The summed E-state index contributed by atoms with van der Waals surface area (Å²) < 4.78 is 4.81. The Kier molecular flexibility index (Phi) is 2.49. The molecule has 2 heterocycles. The number of hydrogen-bond donors (Lipinski definition) is 1. The van der Waals surface area contributed by atoms with Crippen LogP contribution in [0.5, 0.6) is 0 Å². The molecule has 2 rings (SSSR count). The van der Waals surface area contributed by atoms with Crippen molar-refractivity contribution in [2.75, 3.05) is 20.2 Å². The molecule has 0 aromatic heterocycles. The molecule has 2 aliphatic rings. The highest BCUT2D eigenvalue weighted by molar-refractivity contribution is 5.81. The predicted octanol–water partition coefficient (Wildman–Crippen LogP) is 0.115. The van der Waals surface area contributed by atoms with Crippen molar-refractivity contribution in [3.63, 3.8) is 0 Å². The number of nitrogens with two attached hydrogens (primary N) is 1. The molecule has 80 valence electrons. The van der Waals surface area contributed by atoms with Crippen molar-refractivity contribution >= 4 is 5.97 Å². The number of piperidine rings is 1. The quantitative estimate of drug-likeness (QED) is 0.608. The summed E-state index contributed by atoms with van der Waals surface area (Å²) in [5.74, 6) is -0.242. The molecular formula is C10H18N2O2. The van der Waals surface area contributed by atoms with E-state index in [4.69, 9.17) is 10.5 Å². The van der Waals surface area contributed by atoms with E-state index < -0.39 is 5.54 Å². The second-order valence-electron chi connectivity index (χ2n) is 4.33. The summed E-state index contributed by atoms with van der Waals surface area (Å²) in [4.78, 5) is 14.0. The lowest BCUT2D eigenvalue weighted by Gasteiger charge is -2.42. The third-order valence-corrected chi connectivity index (χ3v) is 3.56. The maximum atomic E-state index is 11.7. The van der Waals surface area contributed by atoms with Crippen LogP contribution in [0.4, 0.5) is 0 Å². The second kappa shape index (κ2) is 3.51. The molecule has 2 unspecified atom stereocenters. The lowest BCUT2D eigenvalue weighted by Crippen LogP contribution is -2.64. The number of ether oxygens (including phenoxy) is 1. The minimum absolute atomic E-state index is 0.212. The number of nitrogens with zero attached hydrogens (tertiary/aromatic N) is 1. The Morgan fingerprint density at radius 3 is 2.93 bits per heavy atom. The van der Waals surface area contributed by atoms with E-state index in [1.807, 2.05) is 0 Å². The van der Waals surface area contributed by atoms with Gasteiger partial charge in [0, 0.05) is 6.04 Å². The molecule has 0 amide bonds. The highest BCUT2D eigenvalue weighted by atomic mass is 16.5. The number of hydrogen-bond acceptors (Lipinski definition) is 4. The van der Waals surface area contributed by atoms with Crippen LogP contribution < -0.4 is 5.73 Å². The molecule has 0 aliphatic carbocycles. The van der Waals surface area contributed by atoms with Crippen molar-refractivity contribution in [2.24, 2.45) is 5.73 Å². The highest BCUT2D eigenvalue weighted by Gasteiger charge is 2.49. The normalized spacial score (nSPS) is 38.0. The molecule has 4 heteroatoms. The topological polar surface area (TPSA) is 55.6 Å². The molecule has 0 aromatic rings. The Hall–Kier alpha value is -0.610. The zero-order valence-corrected chi connectivity index (χ0v) is 8.66. The summed E-state index contributed by atoms with van der Waals surface area (Å²) in [6, 6.07) is 0.212. The first-order valence-electron chi connectivity index (χ1n) is 5.30. The van der Waals surface area contributed by atoms with Gasteiger partial charge in [-0.05, 0) is 38.8 Å². The molecule has 4 nitrogen and oxygen atoms in total. The summed E-state index contributed by atoms with van der Waals surface area (Å²) in [6.07, 6.45) is 3.95. The van der Waals surface area contributed by atoms with E-state index in [1.165, 1.54) is 7.11 Å². The second-order valence-corrected chi connectivity index (χ2v) is 4.33. The van der Waals surface area contributed by atoms with Crippen LogP contribution in [0.15, 0.2) is 0 Å². The predicted molar refractivity (Wildman–Crippen MR) is 52.8 cm³/mol. The molecule has 2 N–H and O–H groups in total. The Labute approximate surface area is 84.4 Å². The van der Waals surface area contributed by atoms with Crippen LogP contribution in [0, 0.1) is 0 Å². The lowest BCUT2D eigenvalue weighted by atomic mass is 9.82. The molecule has 0 spiro atoms. The van der Waals surface area contributed by atoms with E-state index in [-0.39, 0.29) is 12.0 Å². The van der Waals surface area contributed by atoms with Crippen molar-refractivity contribution < 1.29 is 9.53 Å². The van der Waals surface area contributed by atoms with Crippen molar-refractivity contribution in [3.05, 3.63) is 0 Å². The first-order chi connectivity index (χ1) is 6.68. The molecule has 0 aromatic carbocycles. The standard InChI is InChI=1S/C10H18N2O2/c1-14-9(13)10(11)5-3-7-12-6-2-4-8(10)12/h8H,2-7,11H2,1H3. The van der Waals surface area contributed by atoms with Gasteiger partial charge >= 0.3 is 5.97 Å². The van der Waals surface area contributed by atoms with Crippen LogP contribution in [0.2, 0.25) is 0 Å². The van der Waals surface area contributed by atoms with Crippen LogP contribution in [0.3, 0.4) is 0 Å². The highest BCUT2D eigenvalue weighted by Crippen LogP contribution is 2.33. The number of methoxy groups -OCH3 is 1. The summed E-state index contributed by atoms with van der Waals surface area (Å²) in [6.45, 7) is 2.17. The number of fused-ring (bicyclic) bond motifs is 1. The van der Waals surface area contributed by atoms with Crippen LogP contribution in [-0.2, 0) is 9.53 Å². The molecule has 2 fully saturated rings. The lowest BCUT2D eigenvalue weighted by molar-refractivity contribution is -0.151. The van der Waals surface area contributed by atoms with Gasteiger partial charge < -0.3 is 10.5 Å². The van der Waals surface area contributed by atoms with Crippen molar-refractivity contribution in [3.8, 4) is 0 Å². The van der Waals surface area contributed by atoms with Crippen LogP contribution in [0.25, 0.3) is 0 Å². The van der Waals surface area contributed by atoms with E-state index in [9.17, 15) is 4.79 Å². The van der Waals surface area contributed by atoms with E-state index in [2.05, 4.69) is 4.90 Å². The van der Waals surface area contributed by atoms with Crippen molar-refractivity contribution in [1.29, 1.82) is 0 Å². The Morgan fingerprint density at radius 2 is 2.21 bits per heavy atom. The van der Waals surface area contributed by atoms with E-state index >= 15 is 0 Å². The molecule has 2 saturated heterocycles. The fourth-order valence-corrected chi connectivity index (χ4v) is 2.85. The number of carbonyl (C=O) groups is 1. The van der Waals surface area contributed by atoms with E-state index in [0.29, 0.717) is 0 Å². The minimum atomic E-state index is -0.747. The minimum Gasteiger partial charge on any atom is -0.468 e. The first kappa shape index (κ1) is 9.93. The van der Waals surface area contributed by atoms with Gasteiger partial charge in [-0.2, -0.15) is 0 Å². The Balaban J connectivity index is 2.20. The van der Waals surface area contributed by atoms with Gasteiger partial charge in [-0.15, -0.1) is 0 Å². The van der Waals surface area contributed by atoms with Crippen LogP contribution in [-0.4, -0.2) is 42.6 Å². The maximum absolute atomic E-state index is 11.7. The summed E-state index contributed by atoms with van der Waals surface area (Å²) in [7, 11) is 1.42. The molecule has 14 heavy (non-hydrogen) atoms. The fourth-order valence-electron chi connectivity index (χ4n) is 2.85. The SMILES string of the molecule is COC(=O)C1(N)CCCN2CCCC21.